The molecule has 2 aromatic carbocycles. The Morgan fingerprint density at radius 2 is 1.11 bits per heavy atom. The number of aliphatic hydroxyl groups is 1. The molecule has 0 spiro atoms. The fourth-order valence-electron chi connectivity index (χ4n) is 3.78. The van der Waals surface area contributed by atoms with Crippen LogP contribution in [0.15, 0.2) is 60.7 Å². The predicted octanol–water partition coefficient (Wildman–Crippen LogP) is 4.62. The van der Waals surface area contributed by atoms with Gasteiger partial charge in [-0.15, -0.1) is 0 Å². The average molecular weight is 415 g/mol. The molecule has 0 fully saturated rings. The van der Waals surface area contributed by atoms with E-state index >= 15 is 0 Å². The molecule has 0 aromatic heterocycles. The van der Waals surface area contributed by atoms with Gasteiger partial charge < -0.3 is 0 Å². The van der Waals surface area contributed by atoms with E-state index in [0.29, 0.717) is 0 Å². The van der Waals surface area contributed by atoms with Crippen LogP contribution in [0.25, 0.3) is 0 Å². The molecular formula is C20H31O5PS. The molecule has 2 atom stereocenters. The standard InChI is InChI=1S/C20H29OP.H2O4S/c1-4-22(5-2,6-3)20(18-15-11-8-12-16-18)19(21)17-13-9-7-10-14-17;1-5(2,3)4/h7-16,19-22H,4-6H2,1-3H3;(H2,1,2,3,4). The summed E-state index contributed by atoms with van der Waals surface area (Å²) in [6.45, 7) is 6.94. The van der Waals surface area contributed by atoms with Gasteiger partial charge >= 0.3 is 146 Å². The van der Waals surface area contributed by atoms with E-state index in [1.165, 1.54) is 24.0 Å². The zero-order chi connectivity index (χ0) is 20.5. The van der Waals surface area contributed by atoms with Gasteiger partial charge in [0.15, 0.2) is 0 Å². The zero-order valence-electron chi connectivity index (χ0n) is 16.1. The Morgan fingerprint density at radius 3 is 1.44 bits per heavy atom. The summed E-state index contributed by atoms with van der Waals surface area (Å²) in [5.74, 6) is 0. The summed E-state index contributed by atoms with van der Waals surface area (Å²) in [4.78, 5) is 0. The van der Waals surface area contributed by atoms with Gasteiger partial charge in [-0.05, 0) is 0 Å². The Labute approximate surface area is 163 Å². The molecule has 0 bridgehead atoms. The molecule has 7 heteroatoms. The third-order valence-electron chi connectivity index (χ3n) is 5.39. The molecule has 5 nitrogen and oxygen atoms in total. The summed E-state index contributed by atoms with van der Waals surface area (Å²) < 4.78 is 31.6. The topological polar surface area (TPSA) is 94.8 Å². The van der Waals surface area contributed by atoms with Crippen molar-refractivity contribution in [2.45, 2.75) is 32.5 Å². The first-order valence-electron chi connectivity index (χ1n) is 9.16. The maximum Gasteiger partial charge on any atom is 0.394 e. The number of hydrogen-bond acceptors (Lipinski definition) is 3. The third-order valence-corrected chi connectivity index (χ3v) is 11.6. The SMILES string of the molecule is CC[PH](CC)(CC)C(c1ccccc1)C(O)c1ccccc1.O=S(=O)(O)O. The maximum absolute atomic E-state index is 11.2. The van der Waals surface area contributed by atoms with Gasteiger partial charge in [0.05, 0.1) is 0 Å². The second kappa shape index (κ2) is 10.9. The Morgan fingerprint density at radius 1 is 0.778 bits per heavy atom. The van der Waals surface area contributed by atoms with Crippen LogP contribution >= 0.6 is 7.26 Å². The zero-order valence-corrected chi connectivity index (χ0v) is 17.9. The van der Waals surface area contributed by atoms with Gasteiger partial charge in [0.2, 0.25) is 0 Å². The van der Waals surface area contributed by atoms with Crippen LogP contribution in [0.3, 0.4) is 0 Å². The monoisotopic (exact) mass is 414 g/mol. The quantitative estimate of drug-likeness (QED) is 0.454. The van der Waals surface area contributed by atoms with Gasteiger partial charge in [-0.1, -0.05) is 0 Å². The van der Waals surface area contributed by atoms with E-state index in [2.05, 4.69) is 63.2 Å². The first kappa shape index (κ1) is 23.7. The fraction of sp³-hybridized carbons (Fsp3) is 0.400. The second-order valence-corrected chi connectivity index (χ2v) is 13.0. The molecule has 0 aliphatic rings. The Hall–Kier alpha value is -1.30. The predicted molar refractivity (Wildman–Crippen MR) is 115 cm³/mol. The van der Waals surface area contributed by atoms with E-state index in [1.807, 2.05) is 18.2 Å². The van der Waals surface area contributed by atoms with Crippen molar-refractivity contribution in [3.8, 4) is 0 Å². The van der Waals surface area contributed by atoms with Gasteiger partial charge in [-0.2, -0.15) is 8.42 Å². The average Bonchev–Trinajstić information content (AvgIpc) is 2.66. The van der Waals surface area contributed by atoms with E-state index in [9.17, 15) is 5.11 Å². The van der Waals surface area contributed by atoms with E-state index in [-0.39, 0.29) is 5.66 Å². The summed E-state index contributed by atoms with van der Waals surface area (Å²) in [5, 5.41) is 11.2. The summed E-state index contributed by atoms with van der Waals surface area (Å²) in [5.41, 5.74) is 2.61. The molecule has 0 heterocycles. The molecule has 0 saturated carbocycles. The van der Waals surface area contributed by atoms with Gasteiger partial charge in [-0.3, -0.25) is 9.11 Å². The number of rotatable bonds is 7. The molecule has 0 aliphatic carbocycles. The first-order valence-corrected chi connectivity index (χ1v) is 13.3. The minimum atomic E-state index is -4.67. The van der Waals surface area contributed by atoms with Crippen molar-refractivity contribution in [1.29, 1.82) is 0 Å². The summed E-state index contributed by atoms with van der Waals surface area (Å²) >= 11 is 0. The number of benzene rings is 2. The normalized spacial score (nSPS) is 14.6. The molecular weight excluding hydrogens is 383 g/mol. The molecule has 2 rings (SSSR count). The summed E-state index contributed by atoms with van der Waals surface area (Å²) in [6.07, 6.45) is 3.23. The van der Waals surface area contributed by atoms with Crippen LogP contribution in [-0.4, -0.2) is 41.1 Å². The van der Waals surface area contributed by atoms with Crippen LogP contribution in [0.1, 0.15) is 43.7 Å². The largest absolute Gasteiger partial charge is 0.394 e. The number of aliphatic hydroxyl groups excluding tert-OH is 1. The van der Waals surface area contributed by atoms with E-state index in [4.69, 9.17) is 17.5 Å². The maximum atomic E-state index is 11.2. The van der Waals surface area contributed by atoms with E-state index in [1.54, 1.807) is 0 Å². The Bertz CT molecular complexity index is 745. The van der Waals surface area contributed by atoms with Crippen LogP contribution in [0.2, 0.25) is 0 Å². The number of hydrogen-bond donors (Lipinski definition) is 3. The molecule has 0 amide bonds. The van der Waals surface area contributed by atoms with Crippen molar-refractivity contribution in [2.75, 3.05) is 18.5 Å². The minimum absolute atomic E-state index is 0.260. The third kappa shape index (κ3) is 7.32. The van der Waals surface area contributed by atoms with Crippen LogP contribution in [0.4, 0.5) is 0 Å². The van der Waals surface area contributed by atoms with Crippen molar-refractivity contribution in [1.82, 2.24) is 0 Å². The molecule has 0 saturated heterocycles. The van der Waals surface area contributed by atoms with Crippen LogP contribution in [0.5, 0.6) is 0 Å². The molecule has 3 N–H and O–H groups in total. The van der Waals surface area contributed by atoms with Gasteiger partial charge in [-0.25, -0.2) is 0 Å². The van der Waals surface area contributed by atoms with Crippen molar-refractivity contribution in [3.05, 3.63) is 71.8 Å². The Kier molecular flexibility index (Phi) is 9.57. The molecule has 2 unspecified atom stereocenters. The molecule has 2 aromatic rings. The van der Waals surface area contributed by atoms with E-state index in [0.717, 1.165) is 5.56 Å². The smallest absolute Gasteiger partial charge is 0.264 e. The minimum Gasteiger partial charge on any atom is -0.264 e. The fourth-order valence-corrected chi connectivity index (χ4v) is 8.36. The first-order chi connectivity index (χ1) is 12.7. The molecule has 0 aliphatic heterocycles. The Balaban J connectivity index is 0.000000646. The molecule has 0 radical (unpaired) electrons. The van der Waals surface area contributed by atoms with Gasteiger partial charge in [0, 0.05) is 0 Å². The summed E-state index contributed by atoms with van der Waals surface area (Å²) in [6, 6.07) is 20.8. The van der Waals surface area contributed by atoms with E-state index < -0.39 is 23.8 Å². The van der Waals surface area contributed by atoms with Crippen molar-refractivity contribution in [2.24, 2.45) is 0 Å². The van der Waals surface area contributed by atoms with Gasteiger partial charge in [0.25, 0.3) is 0 Å². The second-order valence-electron chi connectivity index (χ2n) is 6.61. The van der Waals surface area contributed by atoms with Crippen LogP contribution in [0, 0.1) is 0 Å². The van der Waals surface area contributed by atoms with Crippen molar-refractivity contribution >= 4 is 17.7 Å². The van der Waals surface area contributed by atoms with Gasteiger partial charge in [0.1, 0.15) is 0 Å². The van der Waals surface area contributed by atoms with Crippen molar-refractivity contribution in [3.63, 3.8) is 0 Å². The van der Waals surface area contributed by atoms with Crippen LogP contribution in [-0.2, 0) is 10.4 Å². The molecule has 152 valence electrons. The summed E-state index contributed by atoms with van der Waals surface area (Å²) in [7, 11) is -6.25. The molecule has 27 heavy (non-hydrogen) atoms. The van der Waals surface area contributed by atoms with Crippen molar-refractivity contribution < 1.29 is 22.6 Å². The van der Waals surface area contributed by atoms with Crippen LogP contribution < -0.4 is 0 Å².